The largest absolute Gasteiger partial charge is 0.444 e. The van der Waals surface area contributed by atoms with E-state index in [1.807, 2.05) is 26.8 Å². The molecule has 2 fully saturated rings. The van der Waals surface area contributed by atoms with Gasteiger partial charge in [0.15, 0.2) is 0 Å². The van der Waals surface area contributed by atoms with Crippen molar-refractivity contribution in [2.45, 2.75) is 32.4 Å². The molecule has 2 unspecified atom stereocenters. The van der Waals surface area contributed by atoms with Gasteiger partial charge in [0.05, 0.1) is 5.52 Å². The fourth-order valence-electron chi connectivity index (χ4n) is 3.64. The van der Waals surface area contributed by atoms with Crippen molar-refractivity contribution < 1.29 is 13.9 Å². The van der Waals surface area contributed by atoms with E-state index in [4.69, 9.17) is 4.74 Å². The number of nitrogens with one attached hydrogen (secondary N) is 1. The Bertz CT molecular complexity index is 821. The van der Waals surface area contributed by atoms with Crippen LogP contribution in [-0.2, 0) is 4.74 Å². The van der Waals surface area contributed by atoms with Gasteiger partial charge in [0.2, 0.25) is 0 Å². The SMILES string of the molecule is CC(C)(C)OC(=O)N1CC2C(C1)C2Nc1ccnc2ccc(F)cc12. The molecule has 1 amide bonds. The molecule has 4 rings (SSSR count). The van der Waals surface area contributed by atoms with Crippen LogP contribution in [0.15, 0.2) is 30.5 Å². The van der Waals surface area contributed by atoms with E-state index < -0.39 is 5.60 Å². The molecule has 0 bridgehead atoms. The lowest BCUT2D eigenvalue weighted by Gasteiger charge is -2.26. The highest BCUT2D eigenvalue weighted by Crippen LogP contribution is 2.48. The molecule has 0 spiro atoms. The molecular weight excluding hydrogens is 321 g/mol. The van der Waals surface area contributed by atoms with Gasteiger partial charge in [-0.3, -0.25) is 4.98 Å². The van der Waals surface area contributed by atoms with E-state index in [9.17, 15) is 9.18 Å². The van der Waals surface area contributed by atoms with E-state index in [0.717, 1.165) is 16.6 Å². The number of piperidine rings is 1. The van der Waals surface area contributed by atoms with Crippen molar-refractivity contribution in [3.63, 3.8) is 0 Å². The van der Waals surface area contributed by atoms with Crippen LogP contribution in [0.4, 0.5) is 14.9 Å². The number of carbonyl (C=O) groups excluding carboxylic acids is 1. The van der Waals surface area contributed by atoms with Gasteiger partial charge in [0.1, 0.15) is 11.4 Å². The standard InChI is InChI=1S/C19H22FN3O2/c1-19(2,3)25-18(24)23-9-13-14(10-23)17(13)22-16-6-7-21-15-5-4-11(20)8-12(15)16/h4-8,13-14,17H,9-10H2,1-3H3,(H,21,22). The maximum absolute atomic E-state index is 13.6. The van der Waals surface area contributed by atoms with E-state index in [-0.39, 0.29) is 11.9 Å². The Morgan fingerprint density at radius 3 is 2.68 bits per heavy atom. The lowest BCUT2D eigenvalue weighted by atomic mass is 10.2. The lowest BCUT2D eigenvalue weighted by molar-refractivity contribution is 0.0272. The first-order valence-electron chi connectivity index (χ1n) is 8.60. The number of nitrogens with zero attached hydrogens (tertiary/aromatic N) is 2. The van der Waals surface area contributed by atoms with E-state index in [2.05, 4.69) is 10.3 Å². The van der Waals surface area contributed by atoms with Gasteiger partial charge in [-0.25, -0.2) is 9.18 Å². The first-order valence-corrected chi connectivity index (χ1v) is 8.60. The molecule has 1 saturated carbocycles. The number of amides is 1. The van der Waals surface area contributed by atoms with Crippen molar-refractivity contribution in [2.75, 3.05) is 18.4 Å². The zero-order valence-corrected chi connectivity index (χ0v) is 14.6. The minimum atomic E-state index is -0.471. The maximum Gasteiger partial charge on any atom is 0.410 e. The van der Waals surface area contributed by atoms with Crippen molar-refractivity contribution in [3.8, 4) is 0 Å². The van der Waals surface area contributed by atoms with Crippen LogP contribution in [0.1, 0.15) is 20.8 Å². The van der Waals surface area contributed by atoms with E-state index in [1.165, 1.54) is 12.1 Å². The molecule has 1 aromatic heterocycles. The summed E-state index contributed by atoms with van der Waals surface area (Å²) in [7, 11) is 0. The van der Waals surface area contributed by atoms with Crippen LogP contribution in [0.3, 0.4) is 0 Å². The second kappa shape index (κ2) is 5.58. The number of hydrogen-bond donors (Lipinski definition) is 1. The second-order valence-corrected chi connectivity index (χ2v) is 7.90. The van der Waals surface area contributed by atoms with Crippen molar-refractivity contribution in [3.05, 3.63) is 36.3 Å². The van der Waals surface area contributed by atoms with Crippen molar-refractivity contribution >= 4 is 22.7 Å². The van der Waals surface area contributed by atoms with Crippen molar-refractivity contribution in [2.24, 2.45) is 11.8 Å². The molecule has 1 aromatic carbocycles. The molecule has 2 aromatic rings. The Balaban J connectivity index is 1.42. The number of fused-ring (bicyclic) bond motifs is 2. The molecule has 6 heteroatoms. The summed E-state index contributed by atoms with van der Waals surface area (Å²) < 4.78 is 19.0. The Kier molecular flexibility index (Phi) is 3.60. The predicted molar refractivity (Wildman–Crippen MR) is 93.9 cm³/mol. The number of benzene rings is 1. The quantitative estimate of drug-likeness (QED) is 0.904. The van der Waals surface area contributed by atoms with Crippen LogP contribution < -0.4 is 5.32 Å². The number of aromatic nitrogens is 1. The van der Waals surface area contributed by atoms with Gasteiger partial charge in [0, 0.05) is 48.2 Å². The number of carbonyl (C=O) groups is 1. The fourth-order valence-corrected chi connectivity index (χ4v) is 3.64. The summed E-state index contributed by atoms with van der Waals surface area (Å²) in [4.78, 5) is 18.2. The Morgan fingerprint density at radius 1 is 1.28 bits per heavy atom. The Morgan fingerprint density at radius 2 is 2.00 bits per heavy atom. The third-order valence-electron chi connectivity index (χ3n) is 4.87. The highest BCUT2D eigenvalue weighted by Gasteiger charge is 2.57. The number of halogens is 1. The number of rotatable bonds is 2. The molecule has 132 valence electrons. The molecule has 5 nitrogen and oxygen atoms in total. The summed E-state index contributed by atoms with van der Waals surface area (Å²) in [5.74, 6) is 0.573. The van der Waals surface area contributed by atoms with Crippen LogP contribution in [0, 0.1) is 17.7 Å². The van der Waals surface area contributed by atoms with Crippen LogP contribution in [0.2, 0.25) is 0 Å². The summed E-state index contributed by atoms with van der Waals surface area (Å²) in [6, 6.07) is 6.81. The summed E-state index contributed by atoms with van der Waals surface area (Å²) >= 11 is 0. The average molecular weight is 343 g/mol. The van der Waals surface area contributed by atoms with Gasteiger partial charge in [-0.1, -0.05) is 0 Å². The van der Waals surface area contributed by atoms with Gasteiger partial charge in [-0.2, -0.15) is 0 Å². The summed E-state index contributed by atoms with van der Waals surface area (Å²) in [6.07, 6.45) is 1.49. The number of likely N-dealkylation sites (tertiary alicyclic amines) is 1. The van der Waals surface area contributed by atoms with E-state index in [0.29, 0.717) is 31.0 Å². The Hall–Kier alpha value is -2.37. The number of pyridine rings is 1. The first kappa shape index (κ1) is 16.1. The maximum atomic E-state index is 13.6. The van der Waals surface area contributed by atoms with Crippen LogP contribution in [0.5, 0.6) is 0 Å². The van der Waals surface area contributed by atoms with Gasteiger partial charge >= 0.3 is 6.09 Å². The fraction of sp³-hybridized carbons (Fsp3) is 0.474. The van der Waals surface area contributed by atoms with Crippen molar-refractivity contribution in [1.29, 1.82) is 0 Å². The van der Waals surface area contributed by atoms with Gasteiger partial charge in [-0.05, 0) is 45.0 Å². The second-order valence-electron chi connectivity index (χ2n) is 7.90. The normalized spacial score (nSPS) is 25.0. The third-order valence-corrected chi connectivity index (χ3v) is 4.87. The molecule has 0 radical (unpaired) electrons. The molecular formula is C19H22FN3O2. The molecule has 25 heavy (non-hydrogen) atoms. The van der Waals surface area contributed by atoms with Crippen LogP contribution in [-0.4, -0.2) is 40.7 Å². The van der Waals surface area contributed by atoms with E-state index in [1.54, 1.807) is 17.2 Å². The predicted octanol–water partition coefficient (Wildman–Crippen LogP) is 3.65. The number of hydrogen-bond acceptors (Lipinski definition) is 4. The topological polar surface area (TPSA) is 54.5 Å². The van der Waals surface area contributed by atoms with Gasteiger partial charge in [0.25, 0.3) is 0 Å². The minimum absolute atomic E-state index is 0.241. The zero-order chi connectivity index (χ0) is 17.8. The summed E-state index contributed by atoms with van der Waals surface area (Å²) in [5.41, 5.74) is 1.20. The third kappa shape index (κ3) is 3.13. The average Bonchev–Trinajstić information content (AvgIpc) is 2.97. The summed E-state index contributed by atoms with van der Waals surface area (Å²) in [5, 5.41) is 4.30. The van der Waals surface area contributed by atoms with Gasteiger partial charge < -0.3 is 15.0 Å². The zero-order valence-electron chi connectivity index (χ0n) is 14.6. The number of ether oxygens (including phenoxy) is 1. The Labute approximate surface area is 146 Å². The summed E-state index contributed by atoms with van der Waals surface area (Å²) in [6.45, 7) is 7.03. The highest BCUT2D eigenvalue weighted by molar-refractivity contribution is 5.91. The molecule has 1 saturated heterocycles. The molecule has 2 heterocycles. The lowest BCUT2D eigenvalue weighted by Crippen LogP contribution is -2.38. The van der Waals surface area contributed by atoms with E-state index >= 15 is 0 Å². The van der Waals surface area contributed by atoms with Gasteiger partial charge in [-0.15, -0.1) is 0 Å². The molecule has 2 atom stereocenters. The molecule has 2 aliphatic rings. The first-order chi connectivity index (χ1) is 11.8. The smallest absolute Gasteiger partial charge is 0.410 e. The highest BCUT2D eigenvalue weighted by atomic mass is 19.1. The number of anilines is 1. The molecule has 1 aliphatic carbocycles. The molecule has 1 N–H and O–H groups in total. The molecule has 1 aliphatic heterocycles. The van der Waals surface area contributed by atoms with Crippen LogP contribution in [0.25, 0.3) is 10.9 Å². The monoisotopic (exact) mass is 343 g/mol. The van der Waals surface area contributed by atoms with Crippen molar-refractivity contribution in [1.82, 2.24) is 9.88 Å². The minimum Gasteiger partial charge on any atom is -0.444 e. The van der Waals surface area contributed by atoms with Crippen LogP contribution >= 0.6 is 0 Å².